The van der Waals surface area contributed by atoms with Crippen LogP contribution in [0.3, 0.4) is 0 Å². The zero-order valence-electron chi connectivity index (χ0n) is 41.8. The van der Waals surface area contributed by atoms with Crippen molar-refractivity contribution in [3.05, 3.63) is 0 Å². The Morgan fingerprint density at radius 2 is 0.853 bits per heavy atom. The van der Waals surface area contributed by atoms with Gasteiger partial charge in [-0.1, -0.05) is 33.6 Å². The van der Waals surface area contributed by atoms with Crippen molar-refractivity contribution in [1.82, 2.24) is 31.9 Å². The molecule has 0 aliphatic rings. The maximum absolute atomic E-state index is 12.6. The molecule has 68 heavy (non-hydrogen) atoms. The monoisotopic (exact) mass is 977 g/mol. The van der Waals surface area contributed by atoms with Gasteiger partial charge in [0, 0.05) is 70.6 Å². The topological polar surface area (TPSA) is 316 Å². The minimum atomic E-state index is -0.797. The van der Waals surface area contributed by atoms with Crippen LogP contribution >= 0.6 is 0 Å². The van der Waals surface area contributed by atoms with Crippen molar-refractivity contribution in [2.45, 2.75) is 124 Å². The highest BCUT2D eigenvalue weighted by molar-refractivity contribution is 5.87. The van der Waals surface area contributed by atoms with E-state index in [4.69, 9.17) is 39.9 Å². The fraction of sp³-hybridized carbons (Fsp3) is 0.826. The summed E-state index contributed by atoms with van der Waals surface area (Å²) in [6, 6.07) is -0.797. The van der Waals surface area contributed by atoms with Crippen molar-refractivity contribution in [2.24, 2.45) is 23.3 Å². The van der Waals surface area contributed by atoms with E-state index in [2.05, 4.69) is 38.8 Å². The highest BCUT2D eigenvalue weighted by Crippen LogP contribution is 2.10. The fourth-order valence-electron chi connectivity index (χ4n) is 5.72. The van der Waals surface area contributed by atoms with Crippen LogP contribution in [0.4, 0.5) is 0 Å². The first kappa shape index (κ1) is 65.6. The van der Waals surface area contributed by atoms with Gasteiger partial charge in [-0.25, -0.2) is 0 Å². The van der Waals surface area contributed by atoms with E-state index in [9.17, 15) is 38.4 Å². The Kier molecular flexibility index (Phi) is 45.9. The van der Waals surface area contributed by atoms with Gasteiger partial charge < -0.3 is 71.8 Å². The Labute approximate surface area is 404 Å². The number of amides is 8. The summed E-state index contributed by atoms with van der Waals surface area (Å²) in [6.07, 6.45) is 7.56. The van der Waals surface area contributed by atoms with Gasteiger partial charge in [0.25, 0.3) is 0 Å². The number of nitrogens with one attached hydrogen (secondary N) is 6. The van der Waals surface area contributed by atoms with E-state index in [1.807, 2.05) is 13.8 Å². The minimum Gasteiger partial charge on any atom is -0.379 e. The molecule has 0 saturated heterocycles. The van der Waals surface area contributed by atoms with Gasteiger partial charge in [0.1, 0.15) is 25.9 Å². The molecule has 8 amide bonds. The molecule has 0 aromatic rings. The smallest absolute Gasteiger partial charge is 0.245 e. The van der Waals surface area contributed by atoms with Crippen LogP contribution in [-0.4, -0.2) is 165 Å². The normalized spacial score (nSPS) is 12.1. The second-order valence-corrected chi connectivity index (χ2v) is 15.9. The molecule has 0 heterocycles. The van der Waals surface area contributed by atoms with Gasteiger partial charge in [-0.05, 0) is 71.6 Å². The number of likely N-dealkylation sites (N-methyl/N-ethyl adjacent to an activating group) is 1. The molecule has 0 saturated carbocycles. The molecule has 0 bridgehead atoms. The Morgan fingerprint density at radius 3 is 1.32 bits per heavy atom. The molecule has 3 atom stereocenters. The molecule has 22 nitrogen and oxygen atoms in total. The van der Waals surface area contributed by atoms with Crippen LogP contribution < -0.4 is 43.4 Å². The number of nitrogens with two attached hydrogens (primary N) is 2. The zero-order chi connectivity index (χ0) is 51.0. The van der Waals surface area contributed by atoms with E-state index in [1.165, 1.54) is 0 Å². The van der Waals surface area contributed by atoms with E-state index in [1.54, 1.807) is 13.8 Å². The van der Waals surface area contributed by atoms with Gasteiger partial charge in [-0.2, -0.15) is 0 Å². The van der Waals surface area contributed by atoms with Crippen molar-refractivity contribution in [3.63, 3.8) is 0 Å². The van der Waals surface area contributed by atoms with E-state index >= 15 is 0 Å². The maximum atomic E-state index is 12.6. The lowest BCUT2D eigenvalue weighted by Crippen LogP contribution is -2.46. The van der Waals surface area contributed by atoms with Gasteiger partial charge in [-0.3, -0.25) is 38.4 Å². The first-order chi connectivity index (χ1) is 32.7. The molecule has 0 aliphatic carbocycles. The molecule has 396 valence electrons. The third-order valence-electron chi connectivity index (χ3n) is 9.73. The highest BCUT2D eigenvalue weighted by atomic mass is 16.5. The predicted octanol–water partition coefficient (Wildman–Crippen LogP) is 0.512. The summed E-state index contributed by atoms with van der Waals surface area (Å²) in [7, 11) is 0. The zero-order valence-corrected chi connectivity index (χ0v) is 41.8. The van der Waals surface area contributed by atoms with E-state index in [-0.39, 0.29) is 106 Å². The standard InChI is InChI=1S/C37H69N7O11.C9H19NO3/c1-4-52-22-24-54-26-33(47)42-19-10-7-14-30(36(39)50)44-37(51)29(3)13-6-9-17-40-31(45)15-11-16-32(46)43-20-21-53-23-25-55-27-34(48)41-18-8-5-12-28(2)35(38)49;1-3-5-12-6-7-13-8-9(11)10-4-2/h28-30H,4-27H2,1-3H3,(H2,38,49)(H2,39,50)(H,40,45)(H,41,48)(H,42,47)(H,43,46)(H,44,51);3-8H2,1-2H3,(H,10,11)/t28-,29-,30-;/m0./s1. The summed E-state index contributed by atoms with van der Waals surface area (Å²) in [6.45, 7) is 15.6. The first-order valence-electron chi connectivity index (χ1n) is 24.4. The number of unbranched alkanes of at least 4 members (excludes halogenated alkanes) is 3. The lowest BCUT2D eigenvalue weighted by molar-refractivity contribution is -0.129. The molecule has 0 rings (SSSR count). The van der Waals surface area contributed by atoms with Crippen LogP contribution in [0.5, 0.6) is 0 Å². The van der Waals surface area contributed by atoms with Gasteiger partial charge in [0.2, 0.25) is 47.3 Å². The quantitative estimate of drug-likeness (QED) is 0.0386. The van der Waals surface area contributed by atoms with Gasteiger partial charge in [0.05, 0.1) is 46.2 Å². The second kappa shape index (κ2) is 47.6. The molecular formula is C46H88N8O14. The van der Waals surface area contributed by atoms with Crippen molar-refractivity contribution in [2.75, 3.05) is 112 Å². The number of hydrogen-bond acceptors (Lipinski definition) is 14. The molecule has 0 aliphatic heterocycles. The summed E-state index contributed by atoms with van der Waals surface area (Å²) < 4.78 is 31.2. The lowest BCUT2D eigenvalue weighted by Gasteiger charge is -2.18. The molecule has 0 aromatic heterocycles. The minimum absolute atomic E-state index is 0.0490. The molecule has 0 aromatic carbocycles. The van der Waals surface area contributed by atoms with E-state index < -0.39 is 11.9 Å². The number of hydrogen-bond donors (Lipinski definition) is 8. The number of carbonyl (C=O) groups is 8. The fourth-order valence-corrected chi connectivity index (χ4v) is 5.72. The predicted molar refractivity (Wildman–Crippen MR) is 256 cm³/mol. The van der Waals surface area contributed by atoms with Crippen LogP contribution in [0.1, 0.15) is 118 Å². The van der Waals surface area contributed by atoms with E-state index in [0.29, 0.717) is 117 Å². The number of carbonyl (C=O) groups excluding carboxylic acids is 8. The summed E-state index contributed by atoms with van der Waals surface area (Å²) in [5, 5.41) is 16.4. The molecule has 0 radical (unpaired) electrons. The van der Waals surface area contributed by atoms with Gasteiger partial charge >= 0.3 is 0 Å². The average Bonchev–Trinajstić information content (AvgIpc) is 3.30. The third-order valence-corrected chi connectivity index (χ3v) is 9.73. The van der Waals surface area contributed by atoms with Crippen LogP contribution in [0, 0.1) is 11.8 Å². The SMILES string of the molecule is CCCOCCOCC(=O)NCC.CCOCCOCC(=O)NCCCC[C@H](NC(=O)[C@@H](C)CCCCNC(=O)CCCC(=O)NCCOCCOCC(=O)NCCCC[C@H](C)C(N)=O)C(N)=O. The van der Waals surface area contributed by atoms with Crippen LogP contribution in [-0.2, 0) is 66.8 Å². The Morgan fingerprint density at radius 1 is 0.426 bits per heavy atom. The molecule has 22 heteroatoms. The van der Waals surface area contributed by atoms with E-state index in [0.717, 1.165) is 25.9 Å². The number of primary amides is 2. The summed E-state index contributed by atoms with van der Waals surface area (Å²) >= 11 is 0. The molecule has 0 spiro atoms. The van der Waals surface area contributed by atoms with Crippen LogP contribution in [0.2, 0.25) is 0 Å². The summed E-state index contributed by atoms with van der Waals surface area (Å²) in [5.74, 6) is -2.58. The molecule has 0 unspecified atom stereocenters. The van der Waals surface area contributed by atoms with Gasteiger partial charge in [0.15, 0.2) is 0 Å². The van der Waals surface area contributed by atoms with Crippen LogP contribution in [0.25, 0.3) is 0 Å². The van der Waals surface area contributed by atoms with Gasteiger partial charge in [-0.15, -0.1) is 0 Å². The molecule has 0 fully saturated rings. The number of ether oxygens (including phenoxy) is 6. The second-order valence-electron chi connectivity index (χ2n) is 15.9. The summed E-state index contributed by atoms with van der Waals surface area (Å²) in [4.78, 5) is 94.1. The number of rotatable bonds is 45. The average molecular weight is 977 g/mol. The first-order valence-corrected chi connectivity index (χ1v) is 24.4. The molecular weight excluding hydrogens is 889 g/mol. The largest absolute Gasteiger partial charge is 0.379 e. The third kappa shape index (κ3) is 45.3. The maximum Gasteiger partial charge on any atom is 0.245 e. The Bertz CT molecular complexity index is 1360. The van der Waals surface area contributed by atoms with Crippen molar-refractivity contribution in [3.8, 4) is 0 Å². The molecule has 10 N–H and O–H groups in total. The van der Waals surface area contributed by atoms with Crippen molar-refractivity contribution >= 4 is 47.3 Å². The van der Waals surface area contributed by atoms with Crippen LogP contribution in [0.15, 0.2) is 0 Å². The highest BCUT2D eigenvalue weighted by Gasteiger charge is 2.21. The Balaban J connectivity index is 0. The van der Waals surface area contributed by atoms with Crippen molar-refractivity contribution < 1.29 is 66.8 Å². The van der Waals surface area contributed by atoms with Crippen molar-refractivity contribution in [1.29, 1.82) is 0 Å². The lowest BCUT2D eigenvalue weighted by atomic mass is 10.0. The Hall–Kier alpha value is -4.48. The summed E-state index contributed by atoms with van der Waals surface area (Å²) in [5.41, 5.74) is 10.7.